The molecule has 0 bridgehead atoms. The van der Waals surface area contributed by atoms with Gasteiger partial charge in [-0.05, 0) is 68.9 Å². The second-order valence-electron chi connectivity index (χ2n) is 11.7. The summed E-state index contributed by atoms with van der Waals surface area (Å²) in [6.07, 6.45) is 1.31. The average molecular weight is 699 g/mol. The second-order valence-corrected chi connectivity index (χ2v) is 13.5. The Morgan fingerprint density at radius 1 is 0.875 bits per heavy atom. The van der Waals surface area contributed by atoms with Gasteiger partial charge in [-0.2, -0.15) is 0 Å². The first-order valence-corrected chi connectivity index (χ1v) is 17.0. The van der Waals surface area contributed by atoms with Crippen LogP contribution in [0, 0.1) is 0 Å². The lowest BCUT2D eigenvalue weighted by molar-refractivity contribution is -0.127. The first kappa shape index (κ1) is 32.0. The molecule has 2 heterocycles. The number of nitrogens with zero attached hydrogens (tertiary/aromatic N) is 2. The van der Waals surface area contributed by atoms with Crippen molar-refractivity contribution in [1.82, 2.24) is 15.1 Å². The minimum absolute atomic E-state index is 0.0214. The fraction of sp³-hybridized carbons (Fsp3) is 0.189. The summed E-state index contributed by atoms with van der Waals surface area (Å²) >= 11 is 12.9. The minimum Gasteiger partial charge on any atom is -0.448 e. The zero-order valence-corrected chi connectivity index (χ0v) is 27.9. The summed E-state index contributed by atoms with van der Waals surface area (Å²) < 4.78 is 5.95. The Hall–Kier alpha value is -4.57. The van der Waals surface area contributed by atoms with Gasteiger partial charge >= 0.3 is 6.09 Å². The lowest BCUT2D eigenvalue weighted by atomic mass is 9.94. The Kier molecular flexibility index (Phi) is 9.00. The van der Waals surface area contributed by atoms with E-state index in [9.17, 15) is 19.2 Å². The lowest BCUT2D eigenvalue weighted by Gasteiger charge is -2.35. The van der Waals surface area contributed by atoms with Crippen molar-refractivity contribution in [1.29, 1.82) is 0 Å². The second kappa shape index (κ2) is 13.5. The molecule has 4 amide bonds. The summed E-state index contributed by atoms with van der Waals surface area (Å²) in [5.41, 5.74) is 7.01. The van der Waals surface area contributed by atoms with Gasteiger partial charge < -0.3 is 10.1 Å². The Bertz CT molecular complexity index is 1950. The minimum atomic E-state index is -0.833. The number of carbonyl (C=O) groups excluding carboxylic acids is 4. The van der Waals surface area contributed by atoms with Crippen molar-refractivity contribution in [2.24, 2.45) is 0 Å². The average Bonchev–Trinajstić information content (AvgIpc) is 3.56. The quantitative estimate of drug-likeness (QED) is 0.201. The van der Waals surface area contributed by atoms with Crippen LogP contribution in [0.3, 0.4) is 0 Å². The van der Waals surface area contributed by atoms with E-state index >= 15 is 0 Å². The monoisotopic (exact) mass is 697 g/mol. The number of nitrogens with one attached hydrogen (secondary N) is 1. The van der Waals surface area contributed by atoms with Crippen molar-refractivity contribution in [3.05, 3.63) is 134 Å². The third-order valence-electron chi connectivity index (χ3n) is 8.87. The van der Waals surface area contributed by atoms with Crippen molar-refractivity contribution >= 4 is 64.2 Å². The van der Waals surface area contributed by atoms with Gasteiger partial charge in [0.25, 0.3) is 11.1 Å². The smallest absolute Gasteiger partial charge is 0.410 e. The van der Waals surface area contributed by atoms with Crippen LogP contribution in [0.5, 0.6) is 0 Å². The SMILES string of the molecule is O=C(NCCN1C(=O)S/C(=C/c2ccc(Cl)c(Cl)c2)C1=O)C1Cc2ccccc2CN1C(=O)OCC1c2ccccc2-c2ccccc21. The number of rotatable bonds is 7. The van der Waals surface area contributed by atoms with Gasteiger partial charge in [0.2, 0.25) is 5.91 Å². The number of imide groups is 1. The first-order valence-electron chi connectivity index (χ1n) is 15.4. The molecule has 8 nitrogen and oxygen atoms in total. The van der Waals surface area contributed by atoms with E-state index in [2.05, 4.69) is 29.6 Å². The molecule has 1 atom stereocenters. The highest BCUT2D eigenvalue weighted by Crippen LogP contribution is 2.44. The molecule has 0 aromatic heterocycles. The van der Waals surface area contributed by atoms with Crippen LogP contribution < -0.4 is 5.32 Å². The summed E-state index contributed by atoms with van der Waals surface area (Å²) in [5.74, 6) is -0.969. The van der Waals surface area contributed by atoms with E-state index in [1.807, 2.05) is 48.5 Å². The Balaban J connectivity index is 1.02. The third kappa shape index (κ3) is 6.21. The molecule has 0 radical (unpaired) electrons. The van der Waals surface area contributed by atoms with Crippen molar-refractivity contribution in [3.8, 4) is 11.1 Å². The summed E-state index contributed by atoms with van der Waals surface area (Å²) in [6.45, 7) is 0.346. The van der Waals surface area contributed by atoms with Gasteiger partial charge in [0, 0.05) is 25.4 Å². The van der Waals surface area contributed by atoms with E-state index in [1.165, 1.54) is 4.90 Å². The fourth-order valence-electron chi connectivity index (χ4n) is 6.48. The van der Waals surface area contributed by atoms with Crippen LogP contribution in [0.25, 0.3) is 17.2 Å². The number of carbonyl (C=O) groups is 4. The van der Waals surface area contributed by atoms with Gasteiger partial charge in [-0.15, -0.1) is 0 Å². The number of benzene rings is 4. The first-order chi connectivity index (χ1) is 23.3. The lowest BCUT2D eigenvalue weighted by Crippen LogP contribution is -2.53. The maximum Gasteiger partial charge on any atom is 0.410 e. The Morgan fingerprint density at radius 3 is 2.25 bits per heavy atom. The highest BCUT2D eigenvalue weighted by atomic mass is 35.5. The summed E-state index contributed by atoms with van der Waals surface area (Å²) in [5, 5.41) is 3.13. The number of halogens is 2. The zero-order valence-electron chi connectivity index (χ0n) is 25.5. The number of thioether (sulfide) groups is 1. The molecule has 1 unspecified atom stereocenters. The molecule has 4 aromatic rings. The van der Waals surface area contributed by atoms with Crippen molar-refractivity contribution in [2.45, 2.75) is 24.9 Å². The van der Waals surface area contributed by atoms with Crippen molar-refractivity contribution in [3.63, 3.8) is 0 Å². The molecule has 7 rings (SSSR count). The van der Waals surface area contributed by atoms with Gasteiger partial charge in [0.05, 0.1) is 21.5 Å². The summed E-state index contributed by atoms with van der Waals surface area (Å²) in [6, 6.07) is 28.0. The number of hydrogen-bond donors (Lipinski definition) is 1. The van der Waals surface area contributed by atoms with Crippen LogP contribution in [0.15, 0.2) is 95.9 Å². The van der Waals surface area contributed by atoms with Crippen LogP contribution in [-0.4, -0.2) is 58.7 Å². The van der Waals surface area contributed by atoms with E-state index in [0.29, 0.717) is 22.0 Å². The predicted molar refractivity (Wildman–Crippen MR) is 187 cm³/mol. The number of hydrogen-bond acceptors (Lipinski definition) is 6. The molecular formula is C37H29Cl2N3O5S. The molecule has 48 heavy (non-hydrogen) atoms. The van der Waals surface area contributed by atoms with Crippen LogP contribution in [0.2, 0.25) is 10.0 Å². The van der Waals surface area contributed by atoms with E-state index < -0.39 is 29.2 Å². The molecule has 11 heteroatoms. The highest BCUT2D eigenvalue weighted by Gasteiger charge is 2.38. The normalized spacial score (nSPS) is 17.7. The highest BCUT2D eigenvalue weighted by molar-refractivity contribution is 8.18. The molecule has 2 aliphatic heterocycles. The topological polar surface area (TPSA) is 96.0 Å². The third-order valence-corrected chi connectivity index (χ3v) is 10.5. The van der Waals surface area contributed by atoms with E-state index in [4.69, 9.17) is 27.9 Å². The van der Waals surface area contributed by atoms with E-state index in [-0.39, 0.29) is 37.1 Å². The van der Waals surface area contributed by atoms with Crippen LogP contribution in [0.4, 0.5) is 9.59 Å². The Labute approximate surface area is 291 Å². The van der Waals surface area contributed by atoms with Crippen molar-refractivity contribution in [2.75, 3.05) is 19.7 Å². The molecule has 1 saturated heterocycles. The number of ether oxygens (including phenoxy) is 1. The van der Waals surface area contributed by atoms with Gasteiger partial charge in [-0.3, -0.25) is 24.2 Å². The van der Waals surface area contributed by atoms with Gasteiger partial charge in [0.1, 0.15) is 12.6 Å². The van der Waals surface area contributed by atoms with E-state index in [0.717, 1.165) is 50.0 Å². The molecule has 1 aliphatic carbocycles. The Morgan fingerprint density at radius 2 is 1.54 bits per heavy atom. The van der Waals surface area contributed by atoms with Crippen LogP contribution in [-0.2, 0) is 27.3 Å². The number of fused-ring (bicyclic) bond motifs is 4. The molecule has 3 aliphatic rings. The van der Waals surface area contributed by atoms with E-state index in [1.54, 1.807) is 24.3 Å². The maximum absolute atomic E-state index is 13.7. The van der Waals surface area contributed by atoms with Gasteiger partial charge in [-0.25, -0.2) is 4.79 Å². The molecule has 1 fully saturated rings. The zero-order chi connectivity index (χ0) is 33.4. The molecule has 0 saturated carbocycles. The standard InChI is InChI=1S/C37H29Cl2N3O5S/c38-30-14-13-22(17-31(30)39)18-33-35(44)41(37(46)48-33)16-15-40-34(43)32-19-23-7-1-2-8-24(23)20-42(32)36(45)47-21-29-27-11-5-3-9-25(27)26-10-4-6-12-28(26)29/h1-14,17-18,29,32H,15-16,19-21H2,(H,40,43)/b33-18+. The van der Waals surface area contributed by atoms with Gasteiger partial charge in [-0.1, -0.05) is 102 Å². The van der Waals surface area contributed by atoms with Crippen LogP contribution in [0.1, 0.15) is 33.7 Å². The number of amides is 4. The maximum atomic E-state index is 13.7. The molecule has 0 spiro atoms. The summed E-state index contributed by atoms with van der Waals surface area (Å²) in [4.78, 5) is 55.9. The van der Waals surface area contributed by atoms with Crippen molar-refractivity contribution < 1.29 is 23.9 Å². The summed E-state index contributed by atoms with van der Waals surface area (Å²) in [7, 11) is 0. The predicted octanol–water partition coefficient (Wildman–Crippen LogP) is 7.52. The molecule has 1 N–H and O–H groups in total. The molecular weight excluding hydrogens is 669 g/mol. The van der Waals surface area contributed by atoms with Crippen LogP contribution >= 0.6 is 35.0 Å². The molecule has 242 valence electrons. The fourth-order valence-corrected chi connectivity index (χ4v) is 7.65. The van der Waals surface area contributed by atoms with Gasteiger partial charge in [0.15, 0.2) is 0 Å². The largest absolute Gasteiger partial charge is 0.448 e. The molecule has 4 aromatic carbocycles.